The summed E-state index contributed by atoms with van der Waals surface area (Å²) in [5.41, 5.74) is 1.14. The Morgan fingerprint density at radius 3 is 2.38 bits per heavy atom. The van der Waals surface area contributed by atoms with Crippen LogP contribution in [0.15, 0.2) is 28.7 Å². The standard InChI is InChI=1S/C12H16BrNO2/c1-8(14-9(2)12(15)16-3)10-4-6-11(13)7-5-10/h4-9,14H,1-3H3/t8-,9-/m0/s1. The van der Waals surface area contributed by atoms with E-state index in [9.17, 15) is 4.79 Å². The van der Waals surface area contributed by atoms with Gasteiger partial charge >= 0.3 is 5.97 Å². The number of rotatable bonds is 4. The summed E-state index contributed by atoms with van der Waals surface area (Å²) in [6.07, 6.45) is 0. The van der Waals surface area contributed by atoms with Crippen LogP contribution < -0.4 is 5.32 Å². The van der Waals surface area contributed by atoms with Crippen LogP contribution in [0.5, 0.6) is 0 Å². The normalized spacial score (nSPS) is 14.2. The number of esters is 1. The molecule has 1 N–H and O–H groups in total. The van der Waals surface area contributed by atoms with E-state index in [-0.39, 0.29) is 18.1 Å². The number of carbonyl (C=O) groups excluding carboxylic acids is 1. The molecule has 0 aliphatic heterocycles. The first-order valence-electron chi connectivity index (χ1n) is 5.14. The Hall–Kier alpha value is -0.870. The van der Waals surface area contributed by atoms with Crippen molar-refractivity contribution in [3.8, 4) is 0 Å². The van der Waals surface area contributed by atoms with Crippen molar-refractivity contribution in [3.05, 3.63) is 34.3 Å². The minimum absolute atomic E-state index is 0.113. The highest BCUT2D eigenvalue weighted by molar-refractivity contribution is 9.10. The molecule has 0 heterocycles. The van der Waals surface area contributed by atoms with Gasteiger partial charge < -0.3 is 4.74 Å². The molecule has 2 atom stereocenters. The molecule has 0 spiro atoms. The van der Waals surface area contributed by atoms with Gasteiger partial charge in [0.25, 0.3) is 0 Å². The highest BCUT2D eigenvalue weighted by atomic mass is 79.9. The van der Waals surface area contributed by atoms with Crippen molar-refractivity contribution in [1.82, 2.24) is 5.32 Å². The van der Waals surface area contributed by atoms with Gasteiger partial charge in [-0.2, -0.15) is 0 Å². The first kappa shape index (κ1) is 13.2. The van der Waals surface area contributed by atoms with E-state index >= 15 is 0 Å². The molecule has 0 saturated heterocycles. The van der Waals surface area contributed by atoms with E-state index in [1.807, 2.05) is 31.2 Å². The second-order valence-electron chi connectivity index (χ2n) is 3.68. The molecule has 0 radical (unpaired) electrons. The monoisotopic (exact) mass is 285 g/mol. The van der Waals surface area contributed by atoms with Gasteiger partial charge in [-0.1, -0.05) is 28.1 Å². The van der Waals surface area contributed by atoms with Crippen molar-refractivity contribution >= 4 is 21.9 Å². The van der Waals surface area contributed by atoms with Crippen LogP contribution >= 0.6 is 15.9 Å². The zero-order valence-corrected chi connectivity index (χ0v) is 11.2. The summed E-state index contributed by atoms with van der Waals surface area (Å²) in [5, 5.41) is 3.18. The summed E-state index contributed by atoms with van der Waals surface area (Å²) in [5.74, 6) is -0.246. The molecule has 0 amide bonds. The van der Waals surface area contributed by atoms with Gasteiger partial charge in [0.1, 0.15) is 6.04 Å². The van der Waals surface area contributed by atoms with Crippen molar-refractivity contribution in [2.24, 2.45) is 0 Å². The quantitative estimate of drug-likeness (QED) is 0.865. The average molecular weight is 286 g/mol. The van der Waals surface area contributed by atoms with Crippen LogP contribution in [-0.4, -0.2) is 19.1 Å². The van der Waals surface area contributed by atoms with E-state index in [0.717, 1.165) is 10.0 Å². The lowest BCUT2D eigenvalue weighted by atomic mass is 10.1. The molecular formula is C12H16BrNO2. The van der Waals surface area contributed by atoms with Crippen molar-refractivity contribution in [3.63, 3.8) is 0 Å². The Bertz CT molecular complexity index is 351. The zero-order valence-electron chi connectivity index (χ0n) is 9.66. The van der Waals surface area contributed by atoms with E-state index in [4.69, 9.17) is 0 Å². The molecule has 1 aromatic rings. The minimum atomic E-state index is -0.302. The predicted octanol–water partition coefficient (Wildman–Crippen LogP) is 2.66. The van der Waals surface area contributed by atoms with E-state index in [1.165, 1.54) is 7.11 Å². The molecule has 0 fully saturated rings. The summed E-state index contributed by atoms with van der Waals surface area (Å²) in [6, 6.07) is 7.82. The first-order chi connectivity index (χ1) is 7.54. The molecular weight excluding hydrogens is 270 g/mol. The van der Waals surface area contributed by atoms with Gasteiger partial charge in [0.2, 0.25) is 0 Å². The SMILES string of the molecule is COC(=O)[C@H](C)N[C@@H](C)c1ccc(Br)cc1. The van der Waals surface area contributed by atoms with E-state index in [0.29, 0.717) is 0 Å². The third-order valence-corrected chi connectivity index (χ3v) is 2.95. The van der Waals surface area contributed by atoms with Crippen LogP contribution in [-0.2, 0) is 9.53 Å². The number of nitrogens with one attached hydrogen (secondary N) is 1. The maximum atomic E-state index is 11.2. The number of hydrogen-bond acceptors (Lipinski definition) is 3. The molecule has 88 valence electrons. The zero-order chi connectivity index (χ0) is 12.1. The third kappa shape index (κ3) is 3.61. The van der Waals surface area contributed by atoms with Crippen LogP contribution in [0.3, 0.4) is 0 Å². The molecule has 16 heavy (non-hydrogen) atoms. The van der Waals surface area contributed by atoms with Crippen molar-refractivity contribution in [2.75, 3.05) is 7.11 Å². The van der Waals surface area contributed by atoms with Crippen LogP contribution in [0.1, 0.15) is 25.5 Å². The van der Waals surface area contributed by atoms with Crippen LogP contribution in [0.2, 0.25) is 0 Å². The number of ether oxygens (including phenoxy) is 1. The van der Waals surface area contributed by atoms with Gasteiger partial charge in [-0.25, -0.2) is 0 Å². The summed E-state index contributed by atoms with van der Waals surface area (Å²) >= 11 is 3.39. The molecule has 1 rings (SSSR count). The van der Waals surface area contributed by atoms with Crippen molar-refractivity contribution < 1.29 is 9.53 Å². The second kappa shape index (κ2) is 6.01. The predicted molar refractivity (Wildman–Crippen MR) is 67.2 cm³/mol. The highest BCUT2D eigenvalue weighted by Crippen LogP contribution is 2.16. The van der Waals surface area contributed by atoms with Gasteiger partial charge in [0.05, 0.1) is 7.11 Å². The van der Waals surface area contributed by atoms with Crippen LogP contribution in [0, 0.1) is 0 Å². The molecule has 0 bridgehead atoms. The lowest BCUT2D eigenvalue weighted by Crippen LogP contribution is -2.36. The molecule has 0 aliphatic carbocycles. The van der Waals surface area contributed by atoms with Crippen molar-refractivity contribution in [1.29, 1.82) is 0 Å². The molecule has 0 aliphatic rings. The summed E-state index contributed by atoms with van der Waals surface area (Å²) in [7, 11) is 1.39. The largest absolute Gasteiger partial charge is 0.468 e. The first-order valence-corrected chi connectivity index (χ1v) is 5.93. The molecule has 3 nitrogen and oxygen atoms in total. The lowest BCUT2D eigenvalue weighted by molar-refractivity contribution is -0.142. The number of halogens is 1. The lowest BCUT2D eigenvalue weighted by Gasteiger charge is -2.18. The Morgan fingerprint density at radius 2 is 1.88 bits per heavy atom. The van der Waals surface area contributed by atoms with E-state index in [1.54, 1.807) is 6.92 Å². The molecule has 0 saturated carbocycles. The van der Waals surface area contributed by atoms with Gasteiger partial charge in [-0.3, -0.25) is 10.1 Å². The smallest absolute Gasteiger partial charge is 0.322 e. The van der Waals surface area contributed by atoms with E-state index < -0.39 is 0 Å². The number of hydrogen-bond donors (Lipinski definition) is 1. The average Bonchev–Trinajstić information content (AvgIpc) is 2.28. The second-order valence-corrected chi connectivity index (χ2v) is 4.60. The highest BCUT2D eigenvalue weighted by Gasteiger charge is 2.16. The third-order valence-electron chi connectivity index (χ3n) is 2.42. The topological polar surface area (TPSA) is 38.3 Å². The molecule has 0 unspecified atom stereocenters. The number of carbonyl (C=O) groups is 1. The van der Waals surface area contributed by atoms with Gasteiger partial charge in [0.15, 0.2) is 0 Å². The maximum absolute atomic E-state index is 11.2. The Labute approximate surface area is 104 Å². The summed E-state index contributed by atoms with van der Waals surface area (Å²) in [6.45, 7) is 3.81. The summed E-state index contributed by atoms with van der Waals surface area (Å²) in [4.78, 5) is 11.2. The molecule has 0 aromatic heterocycles. The fraction of sp³-hybridized carbons (Fsp3) is 0.417. The van der Waals surface area contributed by atoms with Crippen LogP contribution in [0.25, 0.3) is 0 Å². The molecule has 1 aromatic carbocycles. The van der Waals surface area contributed by atoms with Crippen molar-refractivity contribution in [2.45, 2.75) is 25.9 Å². The number of benzene rings is 1. The number of methoxy groups -OCH3 is 1. The maximum Gasteiger partial charge on any atom is 0.322 e. The van der Waals surface area contributed by atoms with Gasteiger partial charge in [0, 0.05) is 10.5 Å². The van der Waals surface area contributed by atoms with Gasteiger partial charge in [-0.05, 0) is 31.5 Å². The van der Waals surface area contributed by atoms with Crippen LogP contribution in [0.4, 0.5) is 0 Å². The Morgan fingerprint density at radius 1 is 1.31 bits per heavy atom. The Kier molecular flexibility index (Phi) is 4.96. The molecule has 4 heteroatoms. The Balaban J connectivity index is 2.61. The summed E-state index contributed by atoms with van der Waals surface area (Å²) < 4.78 is 5.70. The van der Waals surface area contributed by atoms with Gasteiger partial charge in [-0.15, -0.1) is 0 Å². The fourth-order valence-corrected chi connectivity index (χ4v) is 1.73. The minimum Gasteiger partial charge on any atom is -0.468 e. The fourth-order valence-electron chi connectivity index (χ4n) is 1.47. The van der Waals surface area contributed by atoms with E-state index in [2.05, 4.69) is 26.0 Å².